The van der Waals surface area contributed by atoms with Crippen LogP contribution in [0.5, 0.6) is 11.5 Å². The molecule has 146 valence electrons. The van der Waals surface area contributed by atoms with Gasteiger partial charge in [0.25, 0.3) is 0 Å². The number of aryl methyl sites for hydroxylation is 1. The van der Waals surface area contributed by atoms with Crippen molar-refractivity contribution in [3.05, 3.63) is 70.7 Å². The molecule has 0 N–H and O–H groups in total. The van der Waals surface area contributed by atoms with Gasteiger partial charge in [-0.25, -0.2) is 4.79 Å². The summed E-state index contributed by atoms with van der Waals surface area (Å²) in [5, 5.41) is 8.08. The Balaban J connectivity index is 2.00. The Morgan fingerprint density at radius 1 is 1.14 bits per heavy atom. The van der Waals surface area contributed by atoms with Crippen molar-refractivity contribution in [2.75, 3.05) is 6.61 Å². The zero-order valence-corrected chi connectivity index (χ0v) is 15.9. The van der Waals surface area contributed by atoms with Crippen LogP contribution in [0, 0.1) is 0 Å². The molecule has 0 amide bonds. The van der Waals surface area contributed by atoms with Gasteiger partial charge < -0.3 is 18.6 Å². The molecule has 3 aromatic rings. The molecule has 2 heterocycles. The molecule has 0 radical (unpaired) electrons. The van der Waals surface area contributed by atoms with Gasteiger partial charge in [0.05, 0.1) is 19.3 Å². The van der Waals surface area contributed by atoms with Gasteiger partial charge in [-0.15, -0.1) is 10.2 Å². The third-order valence-corrected chi connectivity index (χ3v) is 4.00. The number of carbonyl (C=O) groups excluding carboxylic acids is 1. The largest absolute Gasteiger partial charge is 0.462 e. The molecule has 0 aliphatic carbocycles. The highest BCUT2D eigenvalue weighted by atomic mass is 16.5. The summed E-state index contributed by atoms with van der Waals surface area (Å²) < 4.78 is 14.4. The molecule has 0 aliphatic heterocycles. The molecular formula is C20H22N4O4. The van der Waals surface area contributed by atoms with Crippen molar-refractivity contribution in [3.8, 4) is 11.5 Å². The summed E-state index contributed by atoms with van der Waals surface area (Å²) in [5.41, 5.74) is -0.606. The van der Waals surface area contributed by atoms with Gasteiger partial charge >= 0.3 is 5.97 Å². The zero-order chi connectivity index (χ0) is 19.9. The second-order valence-electron chi connectivity index (χ2n) is 6.11. The fourth-order valence-corrected chi connectivity index (χ4v) is 2.73. The van der Waals surface area contributed by atoms with Crippen molar-refractivity contribution in [2.45, 2.75) is 33.4 Å². The number of nitrogens with zero attached hydrogens (tertiary/aromatic N) is 4. The first-order valence-corrected chi connectivity index (χ1v) is 9.13. The Morgan fingerprint density at radius 3 is 2.64 bits per heavy atom. The first-order valence-electron chi connectivity index (χ1n) is 9.13. The van der Waals surface area contributed by atoms with Crippen molar-refractivity contribution in [1.29, 1.82) is 0 Å². The van der Waals surface area contributed by atoms with E-state index in [-0.39, 0.29) is 17.9 Å². The molecule has 3 rings (SSSR count). The molecular weight excluding hydrogens is 360 g/mol. The second kappa shape index (κ2) is 8.98. The van der Waals surface area contributed by atoms with Gasteiger partial charge in [0.2, 0.25) is 5.43 Å². The standard InChI is InChI=1S/C20H22N4O4/c1-3-10-24-14-21-22-18(24)13-23-11-16(20(26)27-4-2)19(25)17(12-23)28-15-8-6-5-7-9-15/h5-9,11-12,14H,3-4,10,13H2,1-2H3. The van der Waals surface area contributed by atoms with Crippen LogP contribution in [0.1, 0.15) is 36.5 Å². The minimum Gasteiger partial charge on any atom is -0.462 e. The topological polar surface area (TPSA) is 88.2 Å². The molecule has 0 aliphatic rings. The Morgan fingerprint density at radius 2 is 1.93 bits per heavy atom. The van der Waals surface area contributed by atoms with Gasteiger partial charge in [-0.1, -0.05) is 25.1 Å². The van der Waals surface area contributed by atoms with Crippen LogP contribution in [0.25, 0.3) is 0 Å². The predicted molar refractivity (Wildman–Crippen MR) is 103 cm³/mol. The van der Waals surface area contributed by atoms with Crippen LogP contribution in [0.2, 0.25) is 0 Å². The van der Waals surface area contributed by atoms with E-state index in [4.69, 9.17) is 9.47 Å². The minimum atomic E-state index is -0.685. The van der Waals surface area contributed by atoms with Crippen LogP contribution in [0.15, 0.2) is 53.8 Å². The molecule has 0 spiro atoms. The number of aromatic nitrogens is 4. The summed E-state index contributed by atoms with van der Waals surface area (Å²) in [6.45, 7) is 5.03. The van der Waals surface area contributed by atoms with E-state index in [2.05, 4.69) is 17.1 Å². The van der Waals surface area contributed by atoms with Crippen molar-refractivity contribution < 1.29 is 14.3 Å². The number of benzene rings is 1. The van der Waals surface area contributed by atoms with Gasteiger partial charge in [0, 0.05) is 12.7 Å². The summed E-state index contributed by atoms with van der Waals surface area (Å²) in [5.74, 6) is 0.570. The highest BCUT2D eigenvalue weighted by Gasteiger charge is 2.18. The summed E-state index contributed by atoms with van der Waals surface area (Å²) in [6.07, 6.45) is 5.62. The van der Waals surface area contributed by atoms with Gasteiger partial charge in [-0.2, -0.15) is 0 Å². The van der Waals surface area contributed by atoms with E-state index < -0.39 is 11.4 Å². The first kappa shape index (κ1) is 19.3. The van der Waals surface area contributed by atoms with Crippen LogP contribution in [0.3, 0.4) is 0 Å². The zero-order valence-electron chi connectivity index (χ0n) is 15.9. The number of esters is 1. The summed E-state index contributed by atoms with van der Waals surface area (Å²) in [6, 6.07) is 8.92. The summed E-state index contributed by atoms with van der Waals surface area (Å²) in [7, 11) is 0. The highest BCUT2D eigenvalue weighted by molar-refractivity contribution is 5.89. The van der Waals surface area contributed by atoms with Gasteiger partial charge in [0.15, 0.2) is 11.6 Å². The highest BCUT2D eigenvalue weighted by Crippen LogP contribution is 2.18. The smallest absolute Gasteiger partial charge is 0.343 e. The molecule has 8 nitrogen and oxygen atoms in total. The minimum absolute atomic E-state index is 0.0401. The van der Waals surface area contributed by atoms with E-state index in [9.17, 15) is 9.59 Å². The number of carbonyl (C=O) groups is 1. The van der Waals surface area contributed by atoms with E-state index in [0.29, 0.717) is 18.1 Å². The number of para-hydroxylation sites is 1. The van der Waals surface area contributed by atoms with E-state index in [0.717, 1.165) is 13.0 Å². The van der Waals surface area contributed by atoms with Gasteiger partial charge in [-0.3, -0.25) is 4.79 Å². The number of pyridine rings is 1. The maximum absolute atomic E-state index is 12.7. The molecule has 0 atom stereocenters. The maximum Gasteiger partial charge on any atom is 0.343 e. The lowest BCUT2D eigenvalue weighted by Crippen LogP contribution is -2.22. The monoisotopic (exact) mass is 382 g/mol. The third kappa shape index (κ3) is 4.46. The fraction of sp³-hybridized carbons (Fsp3) is 0.300. The van der Waals surface area contributed by atoms with E-state index in [1.807, 2.05) is 10.6 Å². The molecule has 0 bridgehead atoms. The van der Waals surface area contributed by atoms with Crippen LogP contribution in [-0.4, -0.2) is 31.9 Å². The Kier molecular flexibility index (Phi) is 6.21. The molecule has 0 fully saturated rings. The molecule has 1 aromatic carbocycles. The fourth-order valence-electron chi connectivity index (χ4n) is 2.73. The lowest BCUT2D eigenvalue weighted by Gasteiger charge is -2.13. The van der Waals surface area contributed by atoms with Crippen LogP contribution >= 0.6 is 0 Å². The second-order valence-corrected chi connectivity index (χ2v) is 6.11. The van der Waals surface area contributed by atoms with Crippen LogP contribution in [-0.2, 0) is 17.8 Å². The average Bonchev–Trinajstić information content (AvgIpc) is 3.12. The maximum atomic E-state index is 12.7. The van der Waals surface area contributed by atoms with E-state index >= 15 is 0 Å². The molecule has 8 heteroatoms. The molecule has 0 saturated carbocycles. The summed E-state index contributed by atoms with van der Waals surface area (Å²) >= 11 is 0. The number of ether oxygens (including phenoxy) is 2. The number of hydrogen-bond acceptors (Lipinski definition) is 6. The Hall–Kier alpha value is -3.42. The molecule has 0 unspecified atom stereocenters. The van der Waals surface area contributed by atoms with Gasteiger partial charge in [0.1, 0.15) is 17.6 Å². The predicted octanol–water partition coefficient (Wildman–Crippen LogP) is 2.87. The lowest BCUT2D eigenvalue weighted by atomic mass is 10.2. The van der Waals surface area contributed by atoms with Crippen molar-refractivity contribution in [1.82, 2.24) is 19.3 Å². The SMILES string of the molecule is CCCn1cnnc1Cn1cc(Oc2ccccc2)c(=O)c(C(=O)OCC)c1. The lowest BCUT2D eigenvalue weighted by molar-refractivity contribution is 0.0523. The van der Waals surface area contributed by atoms with Crippen LogP contribution in [0.4, 0.5) is 0 Å². The van der Waals surface area contributed by atoms with Crippen molar-refractivity contribution in [2.24, 2.45) is 0 Å². The van der Waals surface area contributed by atoms with Gasteiger partial charge in [-0.05, 0) is 25.5 Å². The average molecular weight is 382 g/mol. The Labute approximate surface area is 162 Å². The molecule has 28 heavy (non-hydrogen) atoms. The Bertz CT molecular complexity index is 995. The number of hydrogen-bond donors (Lipinski definition) is 0. The summed E-state index contributed by atoms with van der Waals surface area (Å²) in [4.78, 5) is 25.0. The molecule has 2 aromatic heterocycles. The normalized spacial score (nSPS) is 10.6. The van der Waals surface area contributed by atoms with E-state index in [1.54, 1.807) is 48.3 Å². The van der Waals surface area contributed by atoms with Crippen LogP contribution < -0.4 is 10.2 Å². The quantitative estimate of drug-likeness (QED) is 0.557. The van der Waals surface area contributed by atoms with Crippen molar-refractivity contribution in [3.63, 3.8) is 0 Å². The first-order chi connectivity index (χ1) is 13.6. The van der Waals surface area contributed by atoms with Crippen molar-refractivity contribution >= 4 is 5.97 Å². The number of rotatable bonds is 8. The van der Waals surface area contributed by atoms with E-state index in [1.165, 1.54) is 6.20 Å². The third-order valence-electron chi connectivity index (χ3n) is 4.00. The molecule has 0 saturated heterocycles.